The van der Waals surface area contributed by atoms with Crippen molar-refractivity contribution in [3.8, 4) is 0 Å². The standard InChI is InChI=1S/C37H46N6O9S/c1-3-31(44)42(2)19-7-6-11-27-23-37(27,35(48)41-53(50,51)28-15-16-28)40-34(47)30-12-9-20-43(30)32(45)24-39-36(49)52-21-8-4-5-10-25-13-14-26-17-18-38-33(46)29(26)22-25/h3,5,7,10-11,13-14,17-18,22,27-28,30,50-51H,1,4,8-9,12,15-16,19-21,23-24H2,2H3,(H,38,46)(H,39,49)(H,40,47)(H,41,48). The van der Waals surface area contributed by atoms with Gasteiger partial charge in [0.15, 0.2) is 0 Å². The van der Waals surface area contributed by atoms with E-state index in [1.54, 1.807) is 31.5 Å². The van der Waals surface area contributed by atoms with Crippen LogP contribution in [0.5, 0.6) is 0 Å². The highest BCUT2D eigenvalue weighted by Crippen LogP contribution is 2.54. The van der Waals surface area contributed by atoms with Gasteiger partial charge in [0.1, 0.15) is 18.1 Å². The van der Waals surface area contributed by atoms with Gasteiger partial charge in [-0.3, -0.25) is 37.8 Å². The smallest absolute Gasteiger partial charge is 0.407 e. The monoisotopic (exact) mass is 750 g/mol. The number of unbranched alkanes of at least 4 members (excludes halogenated alkanes) is 1. The summed E-state index contributed by atoms with van der Waals surface area (Å²) >= 11 is 0. The van der Waals surface area contributed by atoms with Crippen LogP contribution in [0.1, 0.15) is 50.5 Å². The third-order valence-corrected chi connectivity index (χ3v) is 11.3. The molecule has 2 heterocycles. The van der Waals surface area contributed by atoms with Crippen LogP contribution in [0.25, 0.3) is 16.8 Å². The number of amides is 5. The minimum atomic E-state index is -3.40. The van der Waals surface area contributed by atoms with E-state index in [0.29, 0.717) is 43.9 Å². The lowest BCUT2D eigenvalue weighted by atomic mass is 10.1. The summed E-state index contributed by atoms with van der Waals surface area (Å²) in [4.78, 5) is 81.6. The highest BCUT2D eigenvalue weighted by atomic mass is 32.3. The van der Waals surface area contributed by atoms with Crippen molar-refractivity contribution in [1.29, 1.82) is 0 Å². The number of benzene rings is 1. The van der Waals surface area contributed by atoms with E-state index >= 15 is 0 Å². The molecule has 2 aliphatic carbocycles. The van der Waals surface area contributed by atoms with Gasteiger partial charge in [0.25, 0.3) is 11.5 Å². The third kappa shape index (κ3) is 10.0. The normalized spacial score (nSPS) is 20.9. The number of carbonyl (C=O) groups is 5. The Morgan fingerprint density at radius 3 is 2.74 bits per heavy atom. The maximum Gasteiger partial charge on any atom is 0.407 e. The third-order valence-electron chi connectivity index (χ3n) is 9.45. The Kier molecular flexibility index (Phi) is 12.6. The number of fused-ring (bicyclic) bond motifs is 1. The summed E-state index contributed by atoms with van der Waals surface area (Å²) in [6.45, 7) is 3.67. The first kappa shape index (κ1) is 39.1. The molecule has 2 saturated carbocycles. The summed E-state index contributed by atoms with van der Waals surface area (Å²) in [7, 11) is -1.81. The van der Waals surface area contributed by atoms with Crippen molar-refractivity contribution in [3.63, 3.8) is 0 Å². The van der Waals surface area contributed by atoms with Crippen LogP contribution >= 0.6 is 10.8 Å². The van der Waals surface area contributed by atoms with E-state index in [-0.39, 0.29) is 37.6 Å². The van der Waals surface area contributed by atoms with Gasteiger partial charge in [0.2, 0.25) is 17.7 Å². The fraction of sp³-hybridized carbons (Fsp3) is 0.432. The topological polar surface area (TPSA) is 210 Å². The molecule has 1 aromatic heterocycles. The maximum absolute atomic E-state index is 13.6. The number of pyridine rings is 1. The maximum atomic E-state index is 13.6. The molecule has 1 saturated heterocycles. The number of ether oxygens (including phenoxy) is 1. The Morgan fingerprint density at radius 2 is 1.98 bits per heavy atom. The van der Waals surface area contributed by atoms with Gasteiger partial charge in [0, 0.05) is 37.6 Å². The van der Waals surface area contributed by atoms with E-state index < -0.39 is 63.9 Å². The molecule has 3 fully saturated rings. The van der Waals surface area contributed by atoms with Crippen LogP contribution < -0.4 is 20.9 Å². The number of rotatable bonds is 16. The quantitative estimate of drug-likeness (QED) is 0.0844. The second kappa shape index (κ2) is 17.1. The van der Waals surface area contributed by atoms with E-state index in [2.05, 4.69) is 32.6 Å². The largest absolute Gasteiger partial charge is 0.450 e. The number of carbonyl (C=O) groups excluding carboxylic acids is 5. The highest BCUT2D eigenvalue weighted by Gasteiger charge is 2.62. The van der Waals surface area contributed by atoms with E-state index in [9.17, 15) is 37.9 Å². The Hall–Kier alpha value is -5.15. The Morgan fingerprint density at radius 1 is 1.19 bits per heavy atom. The summed E-state index contributed by atoms with van der Waals surface area (Å²) in [5.74, 6) is -2.61. The molecule has 2 aromatic rings. The molecule has 1 aliphatic heterocycles. The van der Waals surface area contributed by atoms with Crippen molar-refractivity contribution >= 4 is 57.3 Å². The number of H-pyrrole nitrogens is 1. The predicted molar refractivity (Wildman–Crippen MR) is 200 cm³/mol. The van der Waals surface area contributed by atoms with Gasteiger partial charge < -0.3 is 30.2 Å². The van der Waals surface area contributed by atoms with Crippen molar-refractivity contribution in [2.24, 2.45) is 5.92 Å². The van der Waals surface area contributed by atoms with Gasteiger partial charge >= 0.3 is 6.09 Å². The molecule has 1 aromatic carbocycles. The van der Waals surface area contributed by atoms with Gasteiger partial charge in [-0.05, 0) is 86.3 Å². The lowest BCUT2D eigenvalue weighted by molar-refractivity contribution is -0.139. The number of aromatic nitrogens is 1. The first-order chi connectivity index (χ1) is 25.3. The van der Waals surface area contributed by atoms with Crippen molar-refractivity contribution in [1.82, 2.24) is 30.1 Å². The van der Waals surface area contributed by atoms with Crippen LogP contribution in [0.2, 0.25) is 0 Å². The highest BCUT2D eigenvalue weighted by molar-refractivity contribution is 8.23. The van der Waals surface area contributed by atoms with Crippen LogP contribution in [0.3, 0.4) is 0 Å². The molecule has 0 spiro atoms. The molecule has 3 atom stereocenters. The van der Waals surface area contributed by atoms with Gasteiger partial charge in [-0.2, -0.15) is 0 Å². The number of hydrogen-bond acceptors (Lipinski definition) is 9. The van der Waals surface area contributed by atoms with Crippen LogP contribution in [0.4, 0.5) is 4.79 Å². The van der Waals surface area contributed by atoms with E-state index in [1.165, 1.54) is 15.9 Å². The van der Waals surface area contributed by atoms with Crippen LogP contribution in [-0.4, -0.2) is 104 Å². The fourth-order valence-corrected chi connectivity index (χ4v) is 7.52. The van der Waals surface area contributed by atoms with Crippen molar-refractivity contribution in [2.75, 3.05) is 33.3 Å². The van der Waals surface area contributed by atoms with Crippen LogP contribution in [0, 0.1) is 5.92 Å². The van der Waals surface area contributed by atoms with Gasteiger partial charge in [-0.15, -0.1) is 16.5 Å². The van der Waals surface area contributed by atoms with E-state index in [4.69, 9.17) is 4.74 Å². The number of likely N-dealkylation sites (N-methyl/N-ethyl adjacent to an activating group) is 1. The lowest BCUT2D eigenvalue weighted by Gasteiger charge is -2.35. The number of nitrogens with one attached hydrogen (secondary N) is 4. The molecule has 3 aliphatic rings. The average Bonchev–Trinajstić information content (AvgIpc) is 4.06. The number of alkyl carbamates (subject to hydrolysis) is 1. The second-order valence-corrected chi connectivity index (χ2v) is 15.4. The zero-order valence-electron chi connectivity index (χ0n) is 29.5. The summed E-state index contributed by atoms with van der Waals surface area (Å²) in [6.07, 6.45) is 12.3. The summed E-state index contributed by atoms with van der Waals surface area (Å²) in [5.41, 5.74) is 2.17. The van der Waals surface area contributed by atoms with Gasteiger partial charge in [0.05, 0.1) is 11.9 Å². The molecule has 5 amide bonds. The van der Waals surface area contributed by atoms with Crippen molar-refractivity contribution in [2.45, 2.75) is 61.8 Å². The molecule has 0 radical (unpaired) electrons. The number of likely N-dealkylation sites (tertiary alicyclic amines) is 1. The molecule has 6 N–H and O–H groups in total. The molecular formula is C37H46N6O9S. The first-order valence-electron chi connectivity index (χ1n) is 17.5. The number of aromatic amines is 1. The SMILES string of the molecule is C=CC(=O)N(C)CC=C=CC1CC1(NC(=O)C1CCCN1C(=O)CNC(=O)OCCCC=Cc1ccc2cc[nH]c(=O)c2c1)C(=O)NS(O)(O)C1CC1. The first-order valence-corrected chi connectivity index (χ1v) is 19.1. The average molecular weight is 751 g/mol. The Bertz CT molecular complexity index is 1900. The molecule has 5 rings (SSSR count). The van der Waals surface area contributed by atoms with E-state index in [1.807, 2.05) is 30.4 Å². The Labute approximate surface area is 308 Å². The zero-order chi connectivity index (χ0) is 38.2. The summed E-state index contributed by atoms with van der Waals surface area (Å²) in [6, 6.07) is 6.52. The predicted octanol–water partition coefficient (Wildman–Crippen LogP) is 3.21. The van der Waals surface area contributed by atoms with Gasteiger partial charge in [-0.1, -0.05) is 30.9 Å². The number of hydrogen-bond donors (Lipinski definition) is 6. The molecule has 53 heavy (non-hydrogen) atoms. The number of allylic oxidation sites excluding steroid dienone is 1. The molecule has 0 bridgehead atoms. The molecule has 3 unspecified atom stereocenters. The van der Waals surface area contributed by atoms with Gasteiger partial charge in [-0.25, -0.2) is 4.79 Å². The summed E-state index contributed by atoms with van der Waals surface area (Å²) < 4.78 is 28.5. The summed E-state index contributed by atoms with van der Waals surface area (Å²) in [5, 5.41) is 6.23. The van der Waals surface area contributed by atoms with Crippen LogP contribution in [0.15, 0.2) is 71.9 Å². The van der Waals surface area contributed by atoms with E-state index in [0.717, 1.165) is 10.9 Å². The lowest BCUT2D eigenvalue weighted by Crippen LogP contribution is -2.56. The molecule has 16 heteroatoms. The second-order valence-electron chi connectivity index (χ2n) is 13.4. The number of nitrogens with zero attached hydrogens (tertiary/aromatic N) is 2. The molecule has 284 valence electrons. The molecule has 15 nitrogen and oxygen atoms in total. The van der Waals surface area contributed by atoms with Crippen molar-refractivity contribution < 1.29 is 37.8 Å². The Balaban J connectivity index is 1.09. The van der Waals surface area contributed by atoms with Crippen molar-refractivity contribution in [3.05, 3.63) is 83.0 Å². The van der Waals surface area contributed by atoms with Crippen LogP contribution in [-0.2, 0) is 23.9 Å². The fourth-order valence-electron chi connectivity index (χ4n) is 6.11. The minimum absolute atomic E-state index is 0.112. The zero-order valence-corrected chi connectivity index (χ0v) is 30.4. The minimum Gasteiger partial charge on any atom is -0.450 e. The molecular weight excluding hydrogens is 705 g/mol.